The first-order chi connectivity index (χ1) is 14.4. The van der Waals surface area contributed by atoms with E-state index in [0.717, 1.165) is 32.1 Å². The van der Waals surface area contributed by atoms with Crippen molar-refractivity contribution in [1.82, 2.24) is 4.90 Å². The summed E-state index contributed by atoms with van der Waals surface area (Å²) in [5.41, 5.74) is 1.09. The van der Waals surface area contributed by atoms with E-state index in [1.807, 2.05) is 0 Å². The number of fused-ring (bicyclic) bond motifs is 1. The van der Waals surface area contributed by atoms with Gasteiger partial charge < -0.3 is 10.6 Å². The number of nitrogens with one attached hydrogen (secondary N) is 2. The topological polar surface area (TPSA) is 122 Å². The molecule has 2 aromatic carbocycles. The molecule has 0 spiro atoms. The molecule has 2 aromatic rings. The molecule has 4 rings (SSSR count). The minimum absolute atomic E-state index is 0.0697. The Morgan fingerprint density at radius 3 is 2.30 bits per heavy atom. The molecule has 0 bridgehead atoms. The van der Waals surface area contributed by atoms with E-state index in [4.69, 9.17) is 0 Å². The number of nitro groups is 1. The molecule has 1 fully saturated rings. The number of carbonyl (C=O) groups excluding carboxylic acids is 3. The van der Waals surface area contributed by atoms with Crippen LogP contribution < -0.4 is 10.6 Å². The maximum absolute atomic E-state index is 12.8. The molecule has 2 N–H and O–H groups in total. The number of nitro benzene ring substituents is 1. The van der Waals surface area contributed by atoms with E-state index in [9.17, 15) is 24.5 Å². The summed E-state index contributed by atoms with van der Waals surface area (Å²) in [5.74, 6) is -0.612. The largest absolute Gasteiger partial charge is 0.323 e. The normalized spacial score (nSPS) is 16.3. The van der Waals surface area contributed by atoms with Crippen LogP contribution in [0, 0.1) is 10.1 Å². The first kappa shape index (κ1) is 19.6. The van der Waals surface area contributed by atoms with Gasteiger partial charge in [-0.25, -0.2) is 4.79 Å². The number of benzene rings is 2. The number of imide groups is 1. The first-order valence-electron chi connectivity index (χ1n) is 9.78. The maximum atomic E-state index is 12.8. The van der Waals surface area contributed by atoms with Crippen LogP contribution >= 0.6 is 0 Å². The zero-order chi connectivity index (χ0) is 21.3. The number of urea groups is 1. The van der Waals surface area contributed by atoms with Crippen LogP contribution in [0.25, 0.3) is 0 Å². The highest BCUT2D eigenvalue weighted by Gasteiger charge is 2.40. The second-order valence-corrected chi connectivity index (χ2v) is 7.42. The van der Waals surface area contributed by atoms with Crippen molar-refractivity contribution in [3.8, 4) is 0 Å². The third kappa shape index (κ3) is 3.73. The minimum atomic E-state index is -0.614. The molecule has 0 atom stereocenters. The van der Waals surface area contributed by atoms with Gasteiger partial charge in [-0.1, -0.05) is 25.3 Å². The van der Waals surface area contributed by atoms with Crippen LogP contribution in [0.5, 0.6) is 0 Å². The van der Waals surface area contributed by atoms with E-state index < -0.39 is 11.0 Å². The molecular weight excluding hydrogens is 388 g/mol. The molecule has 9 heteroatoms. The van der Waals surface area contributed by atoms with Crippen molar-refractivity contribution in [2.45, 2.75) is 38.1 Å². The summed E-state index contributed by atoms with van der Waals surface area (Å²) in [5, 5.41) is 16.0. The number of non-ortho nitro benzene ring substituents is 1. The predicted octanol–water partition coefficient (Wildman–Crippen LogP) is 4.17. The van der Waals surface area contributed by atoms with Crippen molar-refractivity contribution < 1.29 is 19.3 Å². The lowest BCUT2D eigenvalue weighted by Gasteiger charge is -2.29. The fraction of sp³-hybridized carbons (Fsp3) is 0.286. The Hall–Kier alpha value is -3.75. The molecule has 0 aromatic heterocycles. The van der Waals surface area contributed by atoms with Crippen LogP contribution in [0.3, 0.4) is 0 Å². The van der Waals surface area contributed by atoms with Crippen LogP contribution in [0.4, 0.5) is 21.9 Å². The highest BCUT2D eigenvalue weighted by atomic mass is 16.6. The Labute approximate surface area is 172 Å². The van der Waals surface area contributed by atoms with Gasteiger partial charge in [-0.05, 0) is 37.1 Å². The van der Waals surface area contributed by atoms with Crippen LogP contribution in [-0.4, -0.2) is 33.7 Å². The number of carbonyl (C=O) groups is 3. The standard InChI is InChI=1S/C21H20N4O5/c26-19-17-10-9-14(12-18(17)20(27)24(19)15-6-2-1-3-7-15)23-21(28)22-13-5-4-8-16(11-13)25(29)30/h4-5,8-12,15H,1-3,6-7H2,(H2,22,23,28). The van der Waals surface area contributed by atoms with Crippen molar-refractivity contribution in [1.29, 1.82) is 0 Å². The summed E-state index contributed by atoms with van der Waals surface area (Å²) in [6, 6.07) is 9.47. The van der Waals surface area contributed by atoms with Crippen LogP contribution in [-0.2, 0) is 0 Å². The smallest absolute Gasteiger partial charge is 0.308 e. The van der Waals surface area contributed by atoms with Crippen LogP contribution in [0.2, 0.25) is 0 Å². The van der Waals surface area contributed by atoms with Crippen molar-refractivity contribution >= 4 is 34.9 Å². The molecule has 2 aliphatic rings. The Morgan fingerprint density at radius 2 is 1.60 bits per heavy atom. The number of hydrogen-bond donors (Lipinski definition) is 2. The van der Waals surface area contributed by atoms with Gasteiger partial charge in [-0.3, -0.25) is 24.6 Å². The van der Waals surface area contributed by atoms with Gasteiger partial charge in [0.2, 0.25) is 0 Å². The monoisotopic (exact) mass is 408 g/mol. The SMILES string of the molecule is O=C(Nc1cccc([N+](=O)[O-])c1)Nc1ccc2c(c1)C(=O)N(C1CCCCC1)C2=O. The Morgan fingerprint density at radius 1 is 0.933 bits per heavy atom. The second kappa shape index (κ2) is 7.94. The molecule has 1 heterocycles. The minimum Gasteiger partial charge on any atom is -0.308 e. The van der Waals surface area contributed by atoms with Gasteiger partial charge in [0, 0.05) is 29.5 Å². The number of rotatable bonds is 4. The van der Waals surface area contributed by atoms with Crippen LogP contribution in [0.1, 0.15) is 52.8 Å². The van der Waals surface area contributed by atoms with E-state index in [1.165, 1.54) is 35.2 Å². The quantitative estimate of drug-likeness (QED) is 0.447. The van der Waals surface area contributed by atoms with Gasteiger partial charge in [0.05, 0.1) is 16.1 Å². The molecule has 0 radical (unpaired) electrons. The van der Waals surface area contributed by atoms with Crippen molar-refractivity contribution in [2.24, 2.45) is 0 Å². The highest BCUT2D eigenvalue weighted by Crippen LogP contribution is 2.32. The van der Waals surface area contributed by atoms with Gasteiger partial charge in [0.25, 0.3) is 17.5 Å². The predicted molar refractivity (Wildman–Crippen MR) is 110 cm³/mol. The third-order valence-corrected chi connectivity index (χ3v) is 5.43. The number of hydrogen-bond acceptors (Lipinski definition) is 5. The Kier molecular flexibility index (Phi) is 5.18. The first-order valence-corrected chi connectivity index (χ1v) is 9.78. The molecule has 4 amide bonds. The van der Waals surface area contributed by atoms with Crippen molar-refractivity contribution in [3.05, 3.63) is 63.7 Å². The molecule has 1 saturated carbocycles. The fourth-order valence-corrected chi connectivity index (χ4v) is 4.00. The molecule has 30 heavy (non-hydrogen) atoms. The summed E-state index contributed by atoms with van der Waals surface area (Å²) in [7, 11) is 0. The van der Waals surface area contributed by atoms with Crippen molar-refractivity contribution in [3.63, 3.8) is 0 Å². The van der Waals surface area contributed by atoms with Gasteiger partial charge in [0.1, 0.15) is 0 Å². The zero-order valence-corrected chi connectivity index (χ0v) is 16.1. The number of anilines is 2. The molecule has 1 aliphatic carbocycles. The molecular formula is C21H20N4O5. The van der Waals surface area contributed by atoms with E-state index in [2.05, 4.69) is 10.6 Å². The Balaban J connectivity index is 1.48. The molecule has 9 nitrogen and oxygen atoms in total. The molecule has 1 aliphatic heterocycles. The lowest BCUT2D eigenvalue weighted by molar-refractivity contribution is -0.384. The van der Waals surface area contributed by atoms with E-state index in [0.29, 0.717) is 11.3 Å². The lowest BCUT2D eigenvalue weighted by Crippen LogP contribution is -2.40. The average molecular weight is 408 g/mol. The highest BCUT2D eigenvalue weighted by molar-refractivity contribution is 6.22. The number of nitrogens with zero attached hydrogens (tertiary/aromatic N) is 2. The summed E-state index contributed by atoms with van der Waals surface area (Å²) >= 11 is 0. The zero-order valence-electron chi connectivity index (χ0n) is 16.1. The van der Waals surface area contributed by atoms with Gasteiger partial charge in [-0.2, -0.15) is 0 Å². The average Bonchev–Trinajstić information content (AvgIpc) is 2.98. The van der Waals surface area contributed by atoms with E-state index in [-0.39, 0.29) is 34.8 Å². The van der Waals surface area contributed by atoms with E-state index >= 15 is 0 Å². The van der Waals surface area contributed by atoms with Gasteiger partial charge in [-0.15, -0.1) is 0 Å². The van der Waals surface area contributed by atoms with Crippen molar-refractivity contribution in [2.75, 3.05) is 10.6 Å². The maximum Gasteiger partial charge on any atom is 0.323 e. The molecule has 154 valence electrons. The summed E-state index contributed by atoms with van der Waals surface area (Å²) in [6.07, 6.45) is 4.77. The van der Waals surface area contributed by atoms with Crippen LogP contribution in [0.15, 0.2) is 42.5 Å². The fourth-order valence-electron chi connectivity index (χ4n) is 4.00. The summed E-state index contributed by atoms with van der Waals surface area (Å²) < 4.78 is 0. The van der Waals surface area contributed by atoms with Gasteiger partial charge in [0.15, 0.2) is 0 Å². The van der Waals surface area contributed by atoms with E-state index in [1.54, 1.807) is 12.1 Å². The summed E-state index contributed by atoms with van der Waals surface area (Å²) in [4.78, 5) is 49.5. The lowest BCUT2D eigenvalue weighted by atomic mass is 9.94. The number of amides is 4. The third-order valence-electron chi connectivity index (χ3n) is 5.43. The summed E-state index contributed by atoms with van der Waals surface area (Å²) in [6.45, 7) is 0. The second-order valence-electron chi connectivity index (χ2n) is 7.42. The Bertz CT molecular complexity index is 1050. The molecule has 0 unspecified atom stereocenters. The van der Waals surface area contributed by atoms with Gasteiger partial charge >= 0.3 is 6.03 Å². The molecule has 0 saturated heterocycles.